The molecule has 5 heteroatoms. The van der Waals surface area contributed by atoms with Crippen molar-refractivity contribution in [3.05, 3.63) is 59.7 Å². The number of likely N-dealkylation sites (tertiary alicyclic amines) is 1. The van der Waals surface area contributed by atoms with Crippen LogP contribution in [0.25, 0.3) is 0 Å². The summed E-state index contributed by atoms with van der Waals surface area (Å²) in [4.78, 5) is 17.4. The number of nitrogens with zero attached hydrogens (tertiary/aromatic N) is 2. The highest BCUT2D eigenvalue weighted by molar-refractivity contribution is 5.79. The first kappa shape index (κ1) is 21.2. The number of hydrogen-bond acceptors (Lipinski definition) is 4. The third-order valence-corrected chi connectivity index (χ3v) is 5.72. The van der Waals surface area contributed by atoms with E-state index < -0.39 is 0 Å². The molecule has 3 rings (SSSR count). The highest BCUT2D eigenvalue weighted by atomic mass is 16.5. The quantitative estimate of drug-likeness (QED) is 0.677. The summed E-state index contributed by atoms with van der Waals surface area (Å²) in [5, 5.41) is 0. The normalized spacial score (nSPS) is 15.1. The van der Waals surface area contributed by atoms with Crippen molar-refractivity contribution in [2.24, 2.45) is 5.92 Å². The Morgan fingerprint density at radius 3 is 2.38 bits per heavy atom. The predicted molar refractivity (Wildman–Crippen MR) is 115 cm³/mol. The molecule has 1 amide bonds. The SMILES string of the molecule is CCN(Cc1ccccc1)C(=O)C1CCN(Cc2cccc(OC)c2OC)CC1. The lowest BCUT2D eigenvalue weighted by Gasteiger charge is -2.34. The Morgan fingerprint density at radius 2 is 1.76 bits per heavy atom. The molecule has 0 saturated carbocycles. The smallest absolute Gasteiger partial charge is 0.226 e. The molecule has 1 fully saturated rings. The lowest BCUT2D eigenvalue weighted by Crippen LogP contribution is -2.42. The van der Waals surface area contributed by atoms with Crippen molar-refractivity contribution in [2.45, 2.75) is 32.9 Å². The molecule has 1 aliphatic heterocycles. The van der Waals surface area contributed by atoms with E-state index in [1.165, 1.54) is 5.56 Å². The molecule has 1 aliphatic rings. The molecule has 5 nitrogen and oxygen atoms in total. The number of para-hydroxylation sites is 1. The number of amides is 1. The molecule has 2 aromatic rings. The van der Waals surface area contributed by atoms with Crippen molar-refractivity contribution in [2.75, 3.05) is 33.9 Å². The summed E-state index contributed by atoms with van der Waals surface area (Å²) in [6.45, 7) is 6.14. The summed E-state index contributed by atoms with van der Waals surface area (Å²) >= 11 is 0. The van der Waals surface area contributed by atoms with Crippen LogP contribution in [0, 0.1) is 5.92 Å². The van der Waals surface area contributed by atoms with Crippen LogP contribution >= 0.6 is 0 Å². The Balaban J connectivity index is 1.56. The van der Waals surface area contributed by atoms with Crippen LogP contribution in [0.2, 0.25) is 0 Å². The van der Waals surface area contributed by atoms with Gasteiger partial charge in [-0.1, -0.05) is 42.5 Å². The summed E-state index contributed by atoms with van der Waals surface area (Å²) in [6.07, 6.45) is 1.80. The van der Waals surface area contributed by atoms with Gasteiger partial charge in [-0.25, -0.2) is 0 Å². The van der Waals surface area contributed by atoms with Gasteiger partial charge < -0.3 is 14.4 Å². The van der Waals surface area contributed by atoms with Crippen LogP contribution < -0.4 is 9.47 Å². The topological polar surface area (TPSA) is 42.0 Å². The zero-order chi connectivity index (χ0) is 20.6. The molecule has 0 bridgehead atoms. The Kier molecular flexibility index (Phi) is 7.53. The van der Waals surface area contributed by atoms with Crippen molar-refractivity contribution in [1.82, 2.24) is 9.80 Å². The first-order valence-corrected chi connectivity index (χ1v) is 10.4. The van der Waals surface area contributed by atoms with E-state index in [-0.39, 0.29) is 11.8 Å². The lowest BCUT2D eigenvalue weighted by atomic mass is 9.94. The van der Waals surface area contributed by atoms with E-state index in [4.69, 9.17) is 9.47 Å². The number of rotatable bonds is 8. The van der Waals surface area contributed by atoms with Gasteiger partial charge in [-0.2, -0.15) is 0 Å². The van der Waals surface area contributed by atoms with Gasteiger partial charge in [0.15, 0.2) is 11.5 Å². The third-order valence-electron chi connectivity index (χ3n) is 5.72. The molecule has 1 saturated heterocycles. The number of methoxy groups -OCH3 is 2. The van der Waals surface area contributed by atoms with Crippen molar-refractivity contribution < 1.29 is 14.3 Å². The number of carbonyl (C=O) groups excluding carboxylic acids is 1. The van der Waals surface area contributed by atoms with Crippen molar-refractivity contribution >= 4 is 5.91 Å². The lowest BCUT2D eigenvalue weighted by molar-refractivity contribution is -0.137. The van der Waals surface area contributed by atoms with E-state index in [2.05, 4.69) is 30.0 Å². The van der Waals surface area contributed by atoms with Gasteiger partial charge in [0.1, 0.15) is 0 Å². The van der Waals surface area contributed by atoms with Crippen LogP contribution in [0.4, 0.5) is 0 Å². The Morgan fingerprint density at radius 1 is 1.03 bits per heavy atom. The van der Waals surface area contributed by atoms with Gasteiger partial charge in [0.05, 0.1) is 14.2 Å². The molecule has 0 atom stereocenters. The molecule has 0 aliphatic carbocycles. The van der Waals surface area contributed by atoms with E-state index >= 15 is 0 Å². The minimum absolute atomic E-state index is 0.113. The van der Waals surface area contributed by atoms with E-state index in [0.717, 1.165) is 56.1 Å². The summed E-state index contributed by atoms with van der Waals surface area (Å²) in [5.74, 6) is 1.96. The number of hydrogen-bond donors (Lipinski definition) is 0. The summed E-state index contributed by atoms with van der Waals surface area (Å²) in [7, 11) is 3.34. The van der Waals surface area contributed by atoms with Gasteiger partial charge in [-0.15, -0.1) is 0 Å². The van der Waals surface area contributed by atoms with Crippen molar-refractivity contribution in [1.29, 1.82) is 0 Å². The van der Waals surface area contributed by atoms with Gasteiger partial charge in [-0.05, 0) is 44.5 Å². The molecule has 156 valence electrons. The van der Waals surface area contributed by atoms with E-state index in [1.807, 2.05) is 35.2 Å². The Bertz CT molecular complexity index is 786. The second kappa shape index (κ2) is 10.3. The molecule has 0 unspecified atom stereocenters. The van der Waals surface area contributed by atoms with Crippen LogP contribution in [0.3, 0.4) is 0 Å². The molecule has 1 heterocycles. The summed E-state index contributed by atoms with van der Waals surface area (Å²) < 4.78 is 11.0. The number of piperidine rings is 1. The second-order valence-corrected chi connectivity index (χ2v) is 7.54. The van der Waals surface area contributed by atoms with Gasteiger partial charge in [0.2, 0.25) is 5.91 Å². The number of benzene rings is 2. The minimum atomic E-state index is 0.113. The van der Waals surface area contributed by atoms with E-state index in [1.54, 1.807) is 14.2 Å². The van der Waals surface area contributed by atoms with Crippen LogP contribution in [-0.2, 0) is 17.9 Å². The van der Waals surface area contributed by atoms with E-state index in [9.17, 15) is 4.79 Å². The first-order valence-electron chi connectivity index (χ1n) is 10.4. The standard InChI is InChI=1S/C24H32N2O3/c1-4-26(17-19-9-6-5-7-10-19)24(27)20-13-15-25(16-14-20)18-21-11-8-12-22(28-2)23(21)29-3/h5-12,20H,4,13-18H2,1-3H3. The van der Waals surface area contributed by atoms with Crippen LogP contribution in [0.5, 0.6) is 11.5 Å². The van der Waals surface area contributed by atoms with Gasteiger partial charge in [-0.3, -0.25) is 9.69 Å². The molecular formula is C24H32N2O3. The van der Waals surface area contributed by atoms with Crippen molar-refractivity contribution in [3.8, 4) is 11.5 Å². The molecular weight excluding hydrogens is 364 g/mol. The summed E-state index contributed by atoms with van der Waals surface area (Å²) in [6, 6.07) is 16.2. The maximum absolute atomic E-state index is 13.1. The highest BCUT2D eigenvalue weighted by Gasteiger charge is 2.28. The summed E-state index contributed by atoms with van der Waals surface area (Å²) in [5.41, 5.74) is 2.31. The van der Waals surface area contributed by atoms with Crippen LogP contribution in [-0.4, -0.2) is 49.6 Å². The zero-order valence-corrected chi connectivity index (χ0v) is 17.8. The van der Waals surface area contributed by atoms with Gasteiger partial charge in [0, 0.05) is 31.1 Å². The fraction of sp³-hybridized carbons (Fsp3) is 0.458. The Labute approximate surface area is 174 Å². The van der Waals surface area contributed by atoms with Crippen LogP contribution in [0.15, 0.2) is 48.5 Å². The predicted octanol–water partition coefficient (Wildman–Crippen LogP) is 3.96. The maximum atomic E-state index is 13.1. The minimum Gasteiger partial charge on any atom is -0.493 e. The van der Waals surface area contributed by atoms with Gasteiger partial charge >= 0.3 is 0 Å². The molecule has 0 N–H and O–H groups in total. The monoisotopic (exact) mass is 396 g/mol. The second-order valence-electron chi connectivity index (χ2n) is 7.54. The molecule has 0 spiro atoms. The van der Waals surface area contributed by atoms with Crippen LogP contribution in [0.1, 0.15) is 30.9 Å². The molecule has 2 aromatic carbocycles. The first-order chi connectivity index (χ1) is 14.2. The number of ether oxygens (including phenoxy) is 2. The maximum Gasteiger partial charge on any atom is 0.226 e. The van der Waals surface area contributed by atoms with Gasteiger partial charge in [0.25, 0.3) is 0 Å². The zero-order valence-electron chi connectivity index (χ0n) is 17.8. The Hall–Kier alpha value is -2.53. The average molecular weight is 397 g/mol. The fourth-order valence-corrected chi connectivity index (χ4v) is 4.06. The number of carbonyl (C=O) groups is 1. The highest BCUT2D eigenvalue weighted by Crippen LogP contribution is 2.32. The molecule has 0 radical (unpaired) electrons. The largest absolute Gasteiger partial charge is 0.493 e. The van der Waals surface area contributed by atoms with Crippen molar-refractivity contribution in [3.63, 3.8) is 0 Å². The average Bonchev–Trinajstić information content (AvgIpc) is 2.78. The fourth-order valence-electron chi connectivity index (χ4n) is 4.06. The molecule has 29 heavy (non-hydrogen) atoms. The third kappa shape index (κ3) is 5.30. The molecule has 0 aromatic heterocycles. The van der Waals surface area contributed by atoms with E-state index in [0.29, 0.717) is 6.54 Å².